The van der Waals surface area contributed by atoms with E-state index in [0.717, 1.165) is 12.0 Å². The van der Waals surface area contributed by atoms with Gasteiger partial charge in [-0.1, -0.05) is 30.3 Å². The van der Waals surface area contributed by atoms with Crippen molar-refractivity contribution in [1.82, 2.24) is 0 Å². The van der Waals surface area contributed by atoms with Gasteiger partial charge in [0, 0.05) is 6.61 Å². The Kier molecular flexibility index (Phi) is 5.08. The summed E-state index contributed by atoms with van der Waals surface area (Å²) in [5, 5.41) is -0.193. The summed E-state index contributed by atoms with van der Waals surface area (Å²) >= 11 is 0. The first-order valence-corrected chi connectivity index (χ1v) is 6.90. The van der Waals surface area contributed by atoms with Crippen LogP contribution >= 0.6 is 0 Å². The summed E-state index contributed by atoms with van der Waals surface area (Å²) in [6.07, 6.45) is 0.741. The Morgan fingerprint density at radius 3 is 2.19 bits per heavy atom. The molecular weight excluding hydrogens is 220 g/mol. The minimum Gasteiger partial charge on any atom is -0.406 e. The summed E-state index contributed by atoms with van der Waals surface area (Å²) in [4.78, 5) is 22.3. The third kappa shape index (κ3) is 4.08. The minimum atomic E-state index is -2.30. The molecule has 0 heterocycles. The predicted octanol–water partition coefficient (Wildman–Crippen LogP) is 1.23. The number of benzene rings is 1. The van der Waals surface area contributed by atoms with Crippen LogP contribution in [0.3, 0.4) is 0 Å². The standard InChI is InChI=1S/C12H16O3Si/c1-10(13)16(11(2)14)15-9-8-12-6-4-3-5-7-12/h3-7,16H,8-9H2,1-2H3. The van der Waals surface area contributed by atoms with E-state index in [9.17, 15) is 9.59 Å². The van der Waals surface area contributed by atoms with Crippen molar-refractivity contribution in [2.45, 2.75) is 20.3 Å². The average molecular weight is 236 g/mol. The number of hydrogen-bond acceptors (Lipinski definition) is 3. The molecule has 3 nitrogen and oxygen atoms in total. The highest BCUT2D eigenvalue weighted by molar-refractivity contribution is 7.06. The molecule has 0 aliphatic heterocycles. The number of rotatable bonds is 6. The molecule has 0 aliphatic rings. The van der Waals surface area contributed by atoms with E-state index in [1.54, 1.807) is 0 Å². The quantitative estimate of drug-likeness (QED) is 0.698. The molecule has 4 heteroatoms. The lowest BCUT2D eigenvalue weighted by Crippen LogP contribution is -2.36. The van der Waals surface area contributed by atoms with Crippen LogP contribution in [0, 0.1) is 0 Å². The van der Waals surface area contributed by atoms with Gasteiger partial charge >= 0.3 is 9.04 Å². The predicted molar refractivity (Wildman–Crippen MR) is 64.6 cm³/mol. The van der Waals surface area contributed by atoms with Crippen molar-refractivity contribution < 1.29 is 14.0 Å². The molecule has 0 saturated carbocycles. The zero-order valence-electron chi connectivity index (χ0n) is 9.60. The molecule has 0 unspecified atom stereocenters. The largest absolute Gasteiger partial charge is 0.406 e. The fourth-order valence-electron chi connectivity index (χ4n) is 1.46. The van der Waals surface area contributed by atoms with Gasteiger partial charge in [0.1, 0.15) is 10.8 Å². The fraction of sp³-hybridized carbons (Fsp3) is 0.333. The van der Waals surface area contributed by atoms with Crippen LogP contribution in [0.5, 0.6) is 0 Å². The van der Waals surface area contributed by atoms with Gasteiger partial charge < -0.3 is 14.0 Å². The van der Waals surface area contributed by atoms with Crippen molar-refractivity contribution in [3.05, 3.63) is 35.9 Å². The molecule has 0 saturated heterocycles. The monoisotopic (exact) mass is 236 g/mol. The smallest absolute Gasteiger partial charge is 0.319 e. The molecular formula is C12H16O3Si. The van der Waals surface area contributed by atoms with Crippen molar-refractivity contribution in [2.75, 3.05) is 6.61 Å². The molecule has 0 amide bonds. The lowest BCUT2D eigenvalue weighted by molar-refractivity contribution is -0.115. The summed E-state index contributed by atoms with van der Waals surface area (Å²) in [5.74, 6) is 0. The molecule has 0 aliphatic carbocycles. The Bertz CT molecular complexity index is 348. The van der Waals surface area contributed by atoms with Gasteiger partial charge in [-0.25, -0.2) is 0 Å². The normalized spacial score (nSPS) is 10.4. The van der Waals surface area contributed by atoms with Gasteiger partial charge in [-0.15, -0.1) is 0 Å². The number of carbonyl (C=O) groups is 2. The van der Waals surface area contributed by atoms with Crippen LogP contribution in [0.15, 0.2) is 30.3 Å². The topological polar surface area (TPSA) is 43.4 Å². The first-order chi connectivity index (χ1) is 7.61. The molecule has 0 N–H and O–H groups in total. The maximum atomic E-state index is 11.1. The molecule has 1 aromatic carbocycles. The second kappa shape index (κ2) is 6.35. The summed E-state index contributed by atoms with van der Waals surface area (Å²) in [6.45, 7) is 3.31. The molecule has 16 heavy (non-hydrogen) atoms. The number of hydrogen-bond donors (Lipinski definition) is 0. The third-order valence-corrected chi connectivity index (χ3v) is 4.30. The Labute approximate surface area is 97.2 Å². The molecule has 0 aromatic heterocycles. The lowest BCUT2D eigenvalue weighted by Gasteiger charge is -2.09. The highest BCUT2D eigenvalue weighted by Crippen LogP contribution is 2.01. The van der Waals surface area contributed by atoms with Gasteiger partial charge in [-0.3, -0.25) is 0 Å². The van der Waals surface area contributed by atoms with E-state index < -0.39 is 9.04 Å². The van der Waals surface area contributed by atoms with Crippen molar-refractivity contribution in [3.8, 4) is 0 Å². The molecule has 0 radical (unpaired) electrons. The zero-order valence-corrected chi connectivity index (χ0v) is 10.8. The highest BCUT2D eigenvalue weighted by atomic mass is 28.3. The van der Waals surface area contributed by atoms with E-state index in [2.05, 4.69) is 0 Å². The summed E-state index contributed by atoms with van der Waals surface area (Å²) in [5.41, 5.74) is 1.15. The second-order valence-electron chi connectivity index (χ2n) is 3.71. The summed E-state index contributed by atoms with van der Waals surface area (Å²) < 4.78 is 5.41. The maximum Gasteiger partial charge on any atom is 0.319 e. The molecule has 0 bridgehead atoms. The minimum absolute atomic E-state index is 0.0967. The van der Waals surface area contributed by atoms with Crippen molar-refractivity contribution in [1.29, 1.82) is 0 Å². The van der Waals surface area contributed by atoms with Gasteiger partial charge in [-0.2, -0.15) is 0 Å². The lowest BCUT2D eigenvalue weighted by atomic mass is 10.2. The van der Waals surface area contributed by atoms with Crippen LogP contribution in [0.1, 0.15) is 19.4 Å². The van der Waals surface area contributed by atoms with Gasteiger partial charge in [0.2, 0.25) is 0 Å². The Balaban J connectivity index is 2.40. The van der Waals surface area contributed by atoms with Crippen LogP contribution in [0.25, 0.3) is 0 Å². The van der Waals surface area contributed by atoms with Crippen molar-refractivity contribution in [2.24, 2.45) is 0 Å². The van der Waals surface area contributed by atoms with E-state index in [1.165, 1.54) is 13.8 Å². The second-order valence-corrected chi connectivity index (χ2v) is 6.43. The molecule has 1 rings (SSSR count). The van der Waals surface area contributed by atoms with Gasteiger partial charge in [0.05, 0.1) is 0 Å². The SMILES string of the molecule is CC(=O)[SiH](OCCc1ccccc1)C(C)=O. The Hall–Kier alpha value is -1.26. The van der Waals surface area contributed by atoms with E-state index in [1.807, 2.05) is 30.3 Å². The van der Waals surface area contributed by atoms with Crippen molar-refractivity contribution in [3.63, 3.8) is 0 Å². The van der Waals surface area contributed by atoms with Gasteiger partial charge in [0.25, 0.3) is 0 Å². The highest BCUT2D eigenvalue weighted by Gasteiger charge is 2.23. The Morgan fingerprint density at radius 2 is 1.69 bits per heavy atom. The molecule has 1 aromatic rings. The summed E-state index contributed by atoms with van der Waals surface area (Å²) in [6, 6.07) is 9.87. The Morgan fingerprint density at radius 1 is 1.12 bits per heavy atom. The zero-order chi connectivity index (χ0) is 12.0. The van der Waals surface area contributed by atoms with E-state index >= 15 is 0 Å². The van der Waals surface area contributed by atoms with Crippen molar-refractivity contribution >= 4 is 19.9 Å². The first kappa shape index (κ1) is 12.8. The van der Waals surface area contributed by atoms with Crippen LogP contribution in [0.2, 0.25) is 0 Å². The van der Waals surface area contributed by atoms with Crippen LogP contribution < -0.4 is 0 Å². The van der Waals surface area contributed by atoms with E-state index in [0.29, 0.717) is 6.61 Å². The summed E-state index contributed by atoms with van der Waals surface area (Å²) in [7, 11) is -2.30. The van der Waals surface area contributed by atoms with E-state index in [4.69, 9.17) is 4.43 Å². The van der Waals surface area contributed by atoms with E-state index in [-0.39, 0.29) is 10.8 Å². The van der Waals surface area contributed by atoms with Gasteiger partial charge in [-0.05, 0) is 25.8 Å². The molecule has 0 fully saturated rings. The average Bonchev–Trinajstić information content (AvgIpc) is 2.24. The van der Waals surface area contributed by atoms with Crippen LogP contribution in [-0.4, -0.2) is 26.5 Å². The fourth-order valence-corrected chi connectivity index (χ4v) is 2.86. The number of carbonyl (C=O) groups excluding carboxylic acids is 2. The third-order valence-electron chi connectivity index (χ3n) is 2.26. The molecule has 0 spiro atoms. The molecule has 0 atom stereocenters. The molecule has 86 valence electrons. The first-order valence-electron chi connectivity index (χ1n) is 5.27. The van der Waals surface area contributed by atoms with Crippen LogP contribution in [0.4, 0.5) is 0 Å². The maximum absolute atomic E-state index is 11.1. The van der Waals surface area contributed by atoms with Crippen LogP contribution in [-0.2, 0) is 20.4 Å². The van der Waals surface area contributed by atoms with Gasteiger partial charge in [0.15, 0.2) is 0 Å².